The average Bonchev–Trinajstić information content (AvgIpc) is 2.33. The highest BCUT2D eigenvalue weighted by Gasteiger charge is 2.29. The SMILES string of the molecule is COc1cc(Cl)c(C)cc1N1C(=O)CNCC1=O. The van der Waals surface area contributed by atoms with Crippen LogP contribution >= 0.6 is 11.6 Å². The number of benzene rings is 1. The maximum Gasteiger partial charge on any atom is 0.247 e. The van der Waals surface area contributed by atoms with E-state index in [2.05, 4.69) is 5.32 Å². The standard InChI is InChI=1S/C12H13ClN2O3/c1-7-3-9(10(18-2)4-8(7)13)15-11(16)5-14-6-12(15)17/h3-4,14H,5-6H2,1-2H3. The zero-order chi connectivity index (χ0) is 13.3. The first-order chi connectivity index (χ1) is 8.54. The molecule has 2 amide bonds. The van der Waals surface area contributed by atoms with E-state index in [9.17, 15) is 9.59 Å². The summed E-state index contributed by atoms with van der Waals surface area (Å²) < 4.78 is 5.18. The van der Waals surface area contributed by atoms with E-state index in [1.54, 1.807) is 12.1 Å². The first-order valence-electron chi connectivity index (χ1n) is 5.45. The predicted octanol–water partition coefficient (Wildman–Crippen LogP) is 1.12. The van der Waals surface area contributed by atoms with Gasteiger partial charge in [0.1, 0.15) is 5.75 Å². The summed E-state index contributed by atoms with van der Waals surface area (Å²) in [5, 5.41) is 3.27. The zero-order valence-corrected chi connectivity index (χ0v) is 10.9. The predicted molar refractivity (Wildman–Crippen MR) is 68.1 cm³/mol. The average molecular weight is 269 g/mol. The van der Waals surface area contributed by atoms with Crippen molar-refractivity contribution in [3.05, 3.63) is 22.7 Å². The van der Waals surface area contributed by atoms with Gasteiger partial charge in [-0.1, -0.05) is 11.6 Å². The summed E-state index contributed by atoms with van der Waals surface area (Å²) in [4.78, 5) is 24.8. The van der Waals surface area contributed by atoms with Crippen LogP contribution in [0.4, 0.5) is 5.69 Å². The number of nitrogens with zero attached hydrogens (tertiary/aromatic N) is 1. The summed E-state index contributed by atoms with van der Waals surface area (Å²) in [6.45, 7) is 2.08. The van der Waals surface area contributed by atoms with E-state index in [0.29, 0.717) is 16.5 Å². The molecule has 1 saturated heterocycles. The largest absolute Gasteiger partial charge is 0.495 e. The van der Waals surface area contributed by atoms with Gasteiger partial charge < -0.3 is 4.74 Å². The number of hydrogen-bond donors (Lipinski definition) is 1. The van der Waals surface area contributed by atoms with Crippen molar-refractivity contribution >= 4 is 29.1 Å². The van der Waals surface area contributed by atoms with Gasteiger partial charge in [-0.2, -0.15) is 0 Å². The number of hydrogen-bond acceptors (Lipinski definition) is 4. The van der Waals surface area contributed by atoms with E-state index in [1.165, 1.54) is 7.11 Å². The van der Waals surface area contributed by atoms with E-state index in [0.717, 1.165) is 10.5 Å². The Kier molecular flexibility index (Phi) is 3.54. The highest BCUT2D eigenvalue weighted by Crippen LogP contribution is 2.34. The molecule has 0 bridgehead atoms. The zero-order valence-electron chi connectivity index (χ0n) is 10.1. The van der Waals surface area contributed by atoms with Crippen molar-refractivity contribution in [2.75, 3.05) is 25.1 Å². The van der Waals surface area contributed by atoms with Gasteiger partial charge in [0.05, 0.1) is 25.9 Å². The van der Waals surface area contributed by atoms with Crippen LogP contribution in [0, 0.1) is 6.92 Å². The Balaban J connectivity index is 2.51. The molecule has 0 spiro atoms. The fourth-order valence-corrected chi connectivity index (χ4v) is 1.98. The van der Waals surface area contributed by atoms with Crippen molar-refractivity contribution in [2.45, 2.75) is 6.92 Å². The number of amides is 2. The summed E-state index contributed by atoms with van der Waals surface area (Å²) in [6, 6.07) is 3.29. The topological polar surface area (TPSA) is 58.6 Å². The molecule has 96 valence electrons. The minimum absolute atomic E-state index is 0.135. The Morgan fingerprint density at radius 1 is 1.28 bits per heavy atom. The van der Waals surface area contributed by atoms with Crippen LogP contribution in [-0.2, 0) is 9.59 Å². The van der Waals surface area contributed by atoms with E-state index >= 15 is 0 Å². The third-order valence-corrected chi connectivity index (χ3v) is 3.16. The summed E-state index contributed by atoms with van der Waals surface area (Å²) in [5.74, 6) is -0.188. The van der Waals surface area contributed by atoms with Gasteiger partial charge in [0, 0.05) is 11.1 Å². The lowest BCUT2D eigenvalue weighted by Crippen LogP contribution is -2.52. The minimum atomic E-state index is -0.300. The molecule has 1 aliphatic rings. The van der Waals surface area contributed by atoms with Gasteiger partial charge in [0.15, 0.2) is 0 Å². The number of halogens is 1. The first-order valence-corrected chi connectivity index (χ1v) is 5.83. The van der Waals surface area contributed by atoms with Gasteiger partial charge in [-0.05, 0) is 18.6 Å². The summed E-state index contributed by atoms with van der Waals surface area (Å²) >= 11 is 6.00. The molecule has 5 nitrogen and oxygen atoms in total. The number of piperazine rings is 1. The maximum absolute atomic E-state index is 11.8. The molecule has 6 heteroatoms. The third-order valence-electron chi connectivity index (χ3n) is 2.75. The fourth-order valence-electron chi connectivity index (χ4n) is 1.83. The molecular formula is C12H13ClN2O3. The van der Waals surface area contributed by atoms with Crippen molar-refractivity contribution in [1.29, 1.82) is 0 Å². The second kappa shape index (κ2) is 4.96. The van der Waals surface area contributed by atoms with Crippen LogP contribution < -0.4 is 15.0 Å². The van der Waals surface area contributed by atoms with Gasteiger partial charge in [0.25, 0.3) is 0 Å². The number of aryl methyl sites for hydroxylation is 1. The smallest absolute Gasteiger partial charge is 0.247 e. The lowest BCUT2D eigenvalue weighted by molar-refractivity contribution is -0.127. The minimum Gasteiger partial charge on any atom is -0.495 e. The number of anilines is 1. The Labute approximate surface area is 110 Å². The number of imide groups is 1. The molecule has 1 fully saturated rings. The second-order valence-corrected chi connectivity index (χ2v) is 4.41. The number of carbonyl (C=O) groups excluding carboxylic acids is 2. The molecule has 0 radical (unpaired) electrons. The van der Waals surface area contributed by atoms with E-state index < -0.39 is 0 Å². The van der Waals surface area contributed by atoms with Crippen LogP contribution in [0.2, 0.25) is 5.02 Å². The van der Waals surface area contributed by atoms with Crippen LogP contribution in [0.1, 0.15) is 5.56 Å². The monoisotopic (exact) mass is 268 g/mol. The molecule has 1 heterocycles. The van der Waals surface area contributed by atoms with E-state index in [4.69, 9.17) is 16.3 Å². The highest BCUT2D eigenvalue weighted by molar-refractivity contribution is 6.31. The van der Waals surface area contributed by atoms with Gasteiger partial charge in [-0.3, -0.25) is 14.9 Å². The number of nitrogens with one attached hydrogen (secondary N) is 1. The summed E-state index contributed by atoms with van der Waals surface area (Å²) in [7, 11) is 1.47. The lowest BCUT2D eigenvalue weighted by atomic mass is 10.1. The van der Waals surface area contributed by atoms with Crippen LogP contribution in [0.25, 0.3) is 0 Å². The normalized spacial score (nSPS) is 16.1. The molecule has 1 N–H and O–H groups in total. The molecule has 1 aromatic rings. The first kappa shape index (κ1) is 12.9. The van der Waals surface area contributed by atoms with Gasteiger partial charge in [0.2, 0.25) is 11.8 Å². The number of ether oxygens (including phenoxy) is 1. The van der Waals surface area contributed by atoms with Crippen LogP contribution in [0.15, 0.2) is 12.1 Å². The van der Waals surface area contributed by atoms with Crippen molar-refractivity contribution in [3.63, 3.8) is 0 Å². The molecule has 2 rings (SSSR count). The molecule has 1 aliphatic heterocycles. The molecule has 0 unspecified atom stereocenters. The molecular weight excluding hydrogens is 256 g/mol. The van der Waals surface area contributed by atoms with Crippen LogP contribution in [0.3, 0.4) is 0 Å². The number of methoxy groups -OCH3 is 1. The third kappa shape index (κ3) is 2.19. The molecule has 1 aromatic carbocycles. The van der Waals surface area contributed by atoms with Crippen molar-refractivity contribution in [2.24, 2.45) is 0 Å². The van der Waals surface area contributed by atoms with Crippen LogP contribution in [0.5, 0.6) is 5.75 Å². The highest BCUT2D eigenvalue weighted by atomic mass is 35.5. The van der Waals surface area contributed by atoms with Gasteiger partial charge in [-0.25, -0.2) is 4.90 Å². The van der Waals surface area contributed by atoms with Crippen LogP contribution in [-0.4, -0.2) is 32.0 Å². The Bertz CT molecular complexity index is 500. The van der Waals surface area contributed by atoms with Crippen molar-refractivity contribution in [3.8, 4) is 5.75 Å². The summed E-state index contributed by atoms with van der Waals surface area (Å²) in [6.07, 6.45) is 0. The Morgan fingerprint density at radius 3 is 2.44 bits per heavy atom. The number of rotatable bonds is 2. The molecule has 0 aromatic heterocycles. The van der Waals surface area contributed by atoms with Gasteiger partial charge in [-0.15, -0.1) is 0 Å². The fraction of sp³-hybridized carbons (Fsp3) is 0.333. The Morgan fingerprint density at radius 2 is 1.89 bits per heavy atom. The quantitative estimate of drug-likeness (QED) is 0.817. The summed E-state index contributed by atoms with van der Waals surface area (Å²) in [5.41, 5.74) is 1.22. The van der Waals surface area contributed by atoms with Gasteiger partial charge >= 0.3 is 0 Å². The van der Waals surface area contributed by atoms with E-state index in [-0.39, 0.29) is 24.9 Å². The second-order valence-electron chi connectivity index (χ2n) is 4.00. The maximum atomic E-state index is 11.8. The van der Waals surface area contributed by atoms with Crippen molar-refractivity contribution < 1.29 is 14.3 Å². The van der Waals surface area contributed by atoms with Crippen molar-refractivity contribution in [1.82, 2.24) is 5.32 Å². The molecule has 18 heavy (non-hydrogen) atoms. The molecule has 0 aliphatic carbocycles. The molecule has 0 saturated carbocycles. The molecule has 0 atom stereocenters. The van der Waals surface area contributed by atoms with E-state index in [1.807, 2.05) is 6.92 Å². The Hall–Kier alpha value is -1.59. The number of carbonyl (C=O) groups is 2. The lowest BCUT2D eigenvalue weighted by Gasteiger charge is -2.27.